The van der Waals surface area contributed by atoms with Crippen molar-refractivity contribution in [2.24, 2.45) is 0 Å². The van der Waals surface area contributed by atoms with Crippen LogP contribution in [0.2, 0.25) is 0 Å². The highest BCUT2D eigenvalue weighted by molar-refractivity contribution is 9.10. The van der Waals surface area contributed by atoms with E-state index in [-0.39, 0.29) is 21.3 Å². The SMILES string of the molecule is CCCn1nc(C(=O)NNC(=O)c2ccc(F)cc2Br)c2ccccc2c1=O. The van der Waals surface area contributed by atoms with Crippen LogP contribution < -0.4 is 16.4 Å². The Bertz CT molecular complexity index is 1130. The van der Waals surface area contributed by atoms with E-state index in [1.54, 1.807) is 24.3 Å². The molecule has 0 aliphatic heterocycles. The normalized spacial score (nSPS) is 10.7. The molecule has 28 heavy (non-hydrogen) atoms. The Morgan fingerprint density at radius 2 is 1.79 bits per heavy atom. The number of fused-ring (bicyclic) bond motifs is 1. The Kier molecular flexibility index (Phi) is 5.84. The Labute approximate surface area is 167 Å². The topological polar surface area (TPSA) is 93.1 Å². The second-order valence-corrected chi connectivity index (χ2v) is 6.81. The summed E-state index contributed by atoms with van der Waals surface area (Å²) in [5, 5.41) is 4.90. The predicted octanol–water partition coefficient (Wildman–Crippen LogP) is 2.78. The van der Waals surface area contributed by atoms with Crippen molar-refractivity contribution in [3.05, 3.63) is 74.4 Å². The van der Waals surface area contributed by atoms with Gasteiger partial charge in [0.1, 0.15) is 5.82 Å². The average Bonchev–Trinajstić information content (AvgIpc) is 2.68. The fraction of sp³-hybridized carbons (Fsp3) is 0.158. The number of nitrogens with one attached hydrogen (secondary N) is 2. The number of aromatic nitrogens is 2. The number of nitrogens with zero attached hydrogens (tertiary/aromatic N) is 2. The third-order valence-electron chi connectivity index (χ3n) is 3.98. The number of hydrogen-bond acceptors (Lipinski definition) is 4. The molecule has 0 saturated heterocycles. The number of amides is 2. The lowest BCUT2D eigenvalue weighted by Gasteiger charge is -2.12. The van der Waals surface area contributed by atoms with Gasteiger partial charge < -0.3 is 0 Å². The molecule has 1 aromatic heterocycles. The van der Waals surface area contributed by atoms with Crippen LogP contribution in [-0.2, 0) is 6.54 Å². The van der Waals surface area contributed by atoms with Crippen LogP contribution >= 0.6 is 15.9 Å². The molecule has 0 aliphatic carbocycles. The van der Waals surface area contributed by atoms with Crippen LogP contribution in [-0.4, -0.2) is 21.6 Å². The number of hydrogen-bond donors (Lipinski definition) is 2. The molecule has 3 aromatic rings. The molecule has 2 N–H and O–H groups in total. The van der Waals surface area contributed by atoms with Crippen LogP contribution in [0.15, 0.2) is 51.7 Å². The molecule has 9 heteroatoms. The first kappa shape index (κ1) is 19.7. The predicted molar refractivity (Wildman–Crippen MR) is 105 cm³/mol. The van der Waals surface area contributed by atoms with Crippen molar-refractivity contribution in [1.82, 2.24) is 20.6 Å². The number of halogens is 2. The quantitative estimate of drug-likeness (QED) is 0.602. The number of carbonyl (C=O) groups is 2. The van der Waals surface area contributed by atoms with Gasteiger partial charge in [-0.25, -0.2) is 9.07 Å². The Hall–Kier alpha value is -3.07. The minimum atomic E-state index is -0.673. The maximum absolute atomic E-state index is 13.2. The van der Waals surface area contributed by atoms with Gasteiger partial charge >= 0.3 is 0 Å². The second kappa shape index (κ2) is 8.30. The van der Waals surface area contributed by atoms with Crippen molar-refractivity contribution in [3.63, 3.8) is 0 Å². The van der Waals surface area contributed by atoms with E-state index in [0.717, 1.165) is 12.1 Å². The Morgan fingerprint density at radius 1 is 1.11 bits per heavy atom. The van der Waals surface area contributed by atoms with Crippen molar-refractivity contribution < 1.29 is 14.0 Å². The molecular formula is C19H16BrFN4O3. The lowest BCUT2D eigenvalue weighted by atomic mass is 10.1. The summed E-state index contributed by atoms with van der Waals surface area (Å²) in [6.45, 7) is 2.25. The zero-order chi connectivity index (χ0) is 20.3. The molecular weight excluding hydrogens is 431 g/mol. The molecule has 0 radical (unpaired) electrons. The van der Waals surface area contributed by atoms with Crippen LogP contribution in [0.3, 0.4) is 0 Å². The van der Waals surface area contributed by atoms with E-state index in [0.29, 0.717) is 23.7 Å². The zero-order valence-corrected chi connectivity index (χ0v) is 16.4. The molecule has 0 bridgehead atoms. The molecule has 2 amide bonds. The van der Waals surface area contributed by atoms with Crippen molar-refractivity contribution in [2.45, 2.75) is 19.9 Å². The molecule has 0 unspecified atom stereocenters. The molecule has 0 saturated carbocycles. The summed E-state index contributed by atoms with van der Waals surface area (Å²) in [6.07, 6.45) is 0.668. The molecule has 3 rings (SSSR count). The monoisotopic (exact) mass is 446 g/mol. The average molecular weight is 447 g/mol. The Balaban J connectivity index is 1.88. The van der Waals surface area contributed by atoms with Crippen LogP contribution in [0.5, 0.6) is 0 Å². The fourth-order valence-electron chi connectivity index (χ4n) is 2.68. The Morgan fingerprint density at radius 3 is 2.46 bits per heavy atom. The number of benzene rings is 2. The highest BCUT2D eigenvalue weighted by Crippen LogP contribution is 2.18. The van der Waals surface area contributed by atoms with E-state index in [9.17, 15) is 18.8 Å². The van der Waals surface area contributed by atoms with Gasteiger partial charge in [0, 0.05) is 16.4 Å². The van der Waals surface area contributed by atoms with Crippen molar-refractivity contribution in [1.29, 1.82) is 0 Å². The lowest BCUT2D eigenvalue weighted by Crippen LogP contribution is -2.43. The summed E-state index contributed by atoms with van der Waals surface area (Å²) in [5.74, 6) is -1.81. The maximum Gasteiger partial charge on any atom is 0.290 e. The fourth-order valence-corrected chi connectivity index (χ4v) is 3.21. The second-order valence-electron chi connectivity index (χ2n) is 5.95. The van der Waals surface area contributed by atoms with Gasteiger partial charge in [0.2, 0.25) is 0 Å². The number of hydrazine groups is 1. The molecule has 0 atom stereocenters. The molecule has 0 fully saturated rings. The van der Waals surface area contributed by atoms with E-state index < -0.39 is 17.6 Å². The summed E-state index contributed by atoms with van der Waals surface area (Å²) in [6, 6.07) is 10.2. The maximum atomic E-state index is 13.2. The molecule has 1 heterocycles. The van der Waals surface area contributed by atoms with Gasteiger partial charge in [-0.1, -0.05) is 25.1 Å². The van der Waals surface area contributed by atoms with Gasteiger partial charge in [-0.05, 0) is 46.6 Å². The first-order valence-corrected chi connectivity index (χ1v) is 9.27. The number of aryl methyl sites for hydroxylation is 1. The van der Waals surface area contributed by atoms with Crippen molar-refractivity contribution in [3.8, 4) is 0 Å². The van der Waals surface area contributed by atoms with Gasteiger partial charge in [-0.2, -0.15) is 5.10 Å². The van der Waals surface area contributed by atoms with Gasteiger partial charge in [0.05, 0.1) is 10.9 Å². The summed E-state index contributed by atoms with van der Waals surface area (Å²) >= 11 is 3.10. The van der Waals surface area contributed by atoms with E-state index in [2.05, 4.69) is 31.9 Å². The largest absolute Gasteiger partial charge is 0.290 e. The summed E-state index contributed by atoms with van der Waals surface area (Å²) in [7, 11) is 0. The number of rotatable bonds is 4. The molecule has 0 spiro atoms. The van der Waals surface area contributed by atoms with Crippen LogP contribution in [0, 0.1) is 5.82 Å². The third kappa shape index (κ3) is 3.94. The van der Waals surface area contributed by atoms with Crippen LogP contribution in [0.4, 0.5) is 4.39 Å². The van der Waals surface area contributed by atoms with E-state index >= 15 is 0 Å². The standard InChI is InChI=1S/C19H16BrFN4O3/c1-2-9-25-19(28)13-6-4-3-5-12(13)16(24-25)18(27)23-22-17(26)14-8-7-11(21)10-15(14)20/h3-8,10H,2,9H2,1H3,(H,22,26)(H,23,27). The van der Waals surface area contributed by atoms with Gasteiger partial charge in [0.15, 0.2) is 5.69 Å². The van der Waals surface area contributed by atoms with Crippen LogP contribution in [0.1, 0.15) is 34.2 Å². The molecule has 144 valence electrons. The van der Waals surface area contributed by atoms with E-state index in [1.807, 2.05) is 6.92 Å². The van der Waals surface area contributed by atoms with Crippen LogP contribution in [0.25, 0.3) is 10.8 Å². The molecule has 0 aliphatic rings. The first-order chi connectivity index (χ1) is 13.4. The molecule has 7 nitrogen and oxygen atoms in total. The van der Waals surface area contributed by atoms with Gasteiger partial charge in [-0.15, -0.1) is 0 Å². The third-order valence-corrected chi connectivity index (χ3v) is 4.64. The van der Waals surface area contributed by atoms with E-state index in [4.69, 9.17) is 0 Å². The number of carbonyl (C=O) groups excluding carboxylic acids is 2. The highest BCUT2D eigenvalue weighted by Gasteiger charge is 2.18. The summed E-state index contributed by atoms with van der Waals surface area (Å²) in [5.41, 5.74) is 4.44. The van der Waals surface area contributed by atoms with E-state index in [1.165, 1.54) is 10.7 Å². The van der Waals surface area contributed by atoms with Gasteiger partial charge in [0.25, 0.3) is 17.4 Å². The summed E-state index contributed by atoms with van der Waals surface area (Å²) in [4.78, 5) is 37.3. The van der Waals surface area contributed by atoms with Gasteiger partial charge in [-0.3, -0.25) is 25.2 Å². The zero-order valence-electron chi connectivity index (χ0n) is 14.8. The van der Waals surface area contributed by atoms with Crippen molar-refractivity contribution >= 4 is 38.5 Å². The minimum Gasteiger partial charge on any atom is -0.267 e. The lowest BCUT2D eigenvalue weighted by molar-refractivity contribution is 0.0843. The summed E-state index contributed by atoms with van der Waals surface area (Å²) < 4.78 is 14.6. The van der Waals surface area contributed by atoms with Crippen molar-refractivity contribution in [2.75, 3.05) is 0 Å². The first-order valence-electron chi connectivity index (χ1n) is 8.48. The molecule has 2 aromatic carbocycles. The highest BCUT2D eigenvalue weighted by atomic mass is 79.9. The minimum absolute atomic E-state index is 0.0159. The smallest absolute Gasteiger partial charge is 0.267 e.